The molecule has 4 aromatic rings. The van der Waals surface area contributed by atoms with Crippen molar-refractivity contribution in [3.63, 3.8) is 0 Å². The lowest BCUT2D eigenvalue weighted by molar-refractivity contribution is 0.101. The van der Waals surface area contributed by atoms with E-state index in [-0.39, 0.29) is 17.8 Å². The van der Waals surface area contributed by atoms with E-state index in [4.69, 9.17) is 0 Å². The number of carbonyl (C=O) groups excluding carboxylic acids is 2. The van der Waals surface area contributed by atoms with E-state index in [9.17, 15) is 14.0 Å². The second-order valence-electron chi connectivity index (χ2n) is 8.21. The van der Waals surface area contributed by atoms with Gasteiger partial charge in [0.05, 0.1) is 5.69 Å². The number of aldehydes is 1. The lowest BCUT2D eigenvalue weighted by Gasteiger charge is -2.16. The molecule has 0 atom stereocenters. The molecule has 1 aromatic heterocycles. The quantitative estimate of drug-likeness (QED) is 0.331. The van der Waals surface area contributed by atoms with E-state index < -0.39 is 0 Å². The number of aromatic nitrogens is 1. The second kappa shape index (κ2) is 9.25. The summed E-state index contributed by atoms with van der Waals surface area (Å²) in [6.07, 6.45) is 0.778. The van der Waals surface area contributed by atoms with Gasteiger partial charge >= 0.3 is 0 Å². The zero-order valence-corrected chi connectivity index (χ0v) is 18.8. The van der Waals surface area contributed by atoms with Crippen molar-refractivity contribution in [3.8, 4) is 22.3 Å². The van der Waals surface area contributed by atoms with E-state index in [2.05, 4.69) is 5.32 Å². The molecule has 1 heterocycles. The maximum atomic E-state index is 13.7. The van der Waals surface area contributed by atoms with Crippen molar-refractivity contribution < 1.29 is 14.0 Å². The van der Waals surface area contributed by atoms with Crippen molar-refractivity contribution in [1.82, 2.24) is 4.57 Å². The maximum Gasteiger partial charge on any atom is 0.272 e. The summed E-state index contributed by atoms with van der Waals surface area (Å²) in [5.41, 5.74) is 5.19. The molecule has 0 fully saturated rings. The van der Waals surface area contributed by atoms with Crippen LogP contribution < -0.4 is 5.32 Å². The molecule has 3 aromatic carbocycles. The molecule has 0 radical (unpaired) electrons. The monoisotopic (exact) mass is 440 g/mol. The maximum absolute atomic E-state index is 13.7. The summed E-state index contributed by atoms with van der Waals surface area (Å²) in [4.78, 5) is 26.1. The highest BCUT2D eigenvalue weighted by Gasteiger charge is 2.30. The molecular weight excluding hydrogens is 415 g/mol. The molecule has 0 spiro atoms. The number of anilines is 1. The van der Waals surface area contributed by atoms with Crippen LogP contribution in [-0.4, -0.2) is 16.8 Å². The number of amides is 1. The highest BCUT2D eigenvalue weighted by atomic mass is 19.1. The number of halogens is 1. The molecule has 5 heteroatoms. The molecule has 0 saturated carbocycles. The molecule has 0 aliphatic rings. The van der Waals surface area contributed by atoms with Gasteiger partial charge in [0, 0.05) is 22.9 Å². The van der Waals surface area contributed by atoms with Crippen molar-refractivity contribution in [1.29, 1.82) is 0 Å². The summed E-state index contributed by atoms with van der Waals surface area (Å²) in [6, 6.07) is 22.8. The Hall–Kier alpha value is -3.99. The third-order valence-corrected chi connectivity index (χ3v) is 5.67. The van der Waals surface area contributed by atoms with Gasteiger partial charge in [-0.2, -0.15) is 0 Å². The lowest BCUT2D eigenvalue weighted by Crippen LogP contribution is -2.20. The van der Waals surface area contributed by atoms with E-state index >= 15 is 0 Å². The first kappa shape index (κ1) is 22.2. The predicted molar refractivity (Wildman–Crippen MR) is 130 cm³/mol. The van der Waals surface area contributed by atoms with Crippen LogP contribution in [0.1, 0.15) is 46.4 Å². The van der Waals surface area contributed by atoms with E-state index in [1.165, 1.54) is 12.1 Å². The van der Waals surface area contributed by atoms with Crippen LogP contribution in [0.4, 0.5) is 10.1 Å². The van der Waals surface area contributed by atoms with E-state index in [0.29, 0.717) is 33.8 Å². The highest BCUT2D eigenvalue weighted by Crippen LogP contribution is 2.42. The smallest absolute Gasteiger partial charge is 0.272 e. The normalized spacial score (nSPS) is 10.9. The number of carbonyl (C=O) groups is 2. The summed E-state index contributed by atoms with van der Waals surface area (Å²) >= 11 is 0. The van der Waals surface area contributed by atoms with Gasteiger partial charge in [-0.05, 0) is 61.7 Å². The largest absolute Gasteiger partial charge is 0.331 e. The number of para-hydroxylation sites is 1. The Labute approximate surface area is 192 Å². The summed E-state index contributed by atoms with van der Waals surface area (Å²) in [5.74, 6) is -0.682. The Balaban J connectivity index is 2.07. The molecule has 0 bridgehead atoms. The molecule has 1 N–H and O–H groups in total. The average Bonchev–Trinajstić information content (AvgIpc) is 3.16. The van der Waals surface area contributed by atoms with Gasteiger partial charge in [0.15, 0.2) is 6.29 Å². The van der Waals surface area contributed by atoms with Crippen LogP contribution in [0.2, 0.25) is 0 Å². The molecule has 33 heavy (non-hydrogen) atoms. The fraction of sp³-hybridized carbons (Fsp3) is 0.143. The van der Waals surface area contributed by atoms with Crippen LogP contribution in [0, 0.1) is 12.7 Å². The van der Waals surface area contributed by atoms with Gasteiger partial charge in [0.1, 0.15) is 11.5 Å². The van der Waals surface area contributed by atoms with Gasteiger partial charge in [0.25, 0.3) is 5.91 Å². The molecule has 0 unspecified atom stereocenters. The van der Waals surface area contributed by atoms with Gasteiger partial charge in [-0.1, -0.05) is 54.6 Å². The topological polar surface area (TPSA) is 51.1 Å². The van der Waals surface area contributed by atoms with Crippen molar-refractivity contribution in [2.45, 2.75) is 26.8 Å². The lowest BCUT2D eigenvalue weighted by atomic mass is 9.92. The standard InChI is InChI=1S/C28H25FN2O2/c1-18(2)31-24(17-32)25(20-13-15-21(29)16-14-20)26(23-12-8-7-9-19(23)3)27(31)28(33)30-22-10-5-4-6-11-22/h4-18H,1-3H3,(H,30,33). The van der Waals surface area contributed by atoms with Gasteiger partial charge in [0.2, 0.25) is 0 Å². The van der Waals surface area contributed by atoms with Gasteiger partial charge in [-0.3, -0.25) is 9.59 Å². The Morgan fingerprint density at radius 2 is 1.55 bits per heavy atom. The molecule has 0 aliphatic heterocycles. The Bertz CT molecular complexity index is 1310. The van der Waals surface area contributed by atoms with Crippen molar-refractivity contribution in [2.24, 2.45) is 0 Å². The predicted octanol–water partition coefficient (Wildman–Crippen LogP) is 6.92. The Kier molecular flexibility index (Phi) is 6.22. The zero-order chi connectivity index (χ0) is 23.5. The van der Waals surface area contributed by atoms with Gasteiger partial charge in [-0.25, -0.2) is 4.39 Å². The zero-order valence-electron chi connectivity index (χ0n) is 18.8. The summed E-state index contributed by atoms with van der Waals surface area (Å²) in [7, 11) is 0. The molecular formula is C28H25FN2O2. The molecule has 1 amide bonds. The van der Waals surface area contributed by atoms with E-state index in [1.807, 2.05) is 75.4 Å². The molecule has 166 valence electrons. The average molecular weight is 441 g/mol. The van der Waals surface area contributed by atoms with Crippen LogP contribution in [0.25, 0.3) is 22.3 Å². The fourth-order valence-corrected chi connectivity index (χ4v) is 4.22. The molecule has 0 saturated heterocycles. The number of nitrogens with one attached hydrogen (secondary N) is 1. The third-order valence-electron chi connectivity index (χ3n) is 5.67. The number of hydrogen-bond donors (Lipinski definition) is 1. The molecule has 4 nitrogen and oxygen atoms in total. The SMILES string of the molecule is Cc1ccccc1-c1c(-c2ccc(F)cc2)c(C=O)n(C(C)C)c1C(=O)Nc1ccccc1. The second-order valence-corrected chi connectivity index (χ2v) is 8.21. The minimum Gasteiger partial charge on any atom is -0.331 e. The minimum atomic E-state index is -0.366. The first-order valence-electron chi connectivity index (χ1n) is 10.8. The number of benzene rings is 3. The number of nitrogens with zero attached hydrogens (tertiary/aromatic N) is 1. The molecule has 0 aliphatic carbocycles. The van der Waals surface area contributed by atoms with Crippen LogP contribution in [0.3, 0.4) is 0 Å². The van der Waals surface area contributed by atoms with Crippen molar-refractivity contribution >= 4 is 17.9 Å². The van der Waals surface area contributed by atoms with E-state index in [0.717, 1.165) is 17.4 Å². The van der Waals surface area contributed by atoms with E-state index in [1.54, 1.807) is 16.7 Å². The van der Waals surface area contributed by atoms with Crippen LogP contribution in [-0.2, 0) is 0 Å². The summed E-state index contributed by atoms with van der Waals surface area (Å²) in [5, 5.41) is 2.97. The van der Waals surface area contributed by atoms with Crippen molar-refractivity contribution in [3.05, 3.63) is 102 Å². The first-order chi connectivity index (χ1) is 15.9. The Morgan fingerprint density at radius 1 is 0.909 bits per heavy atom. The van der Waals surface area contributed by atoms with Gasteiger partial charge < -0.3 is 9.88 Å². The number of aryl methyl sites for hydroxylation is 1. The van der Waals surface area contributed by atoms with Crippen molar-refractivity contribution in [2.75, 3.05) is 5.32 Å². The van der Waals surface area contributed by atoms with Crippen LogP contribution in [0.5, 0.6) is 0 Å². The van der Waals surface area contributed by atoms with Crippen LogP contribution in [0.15, 0.2) is 78.9 Å². The third kappa shape index (κ3) is 4.22. The summed E-state index contributed by atoms with van der Waals surface area (Å²) < 4.78 is 15.5. The van der Waals surface area contributed by atoms with Crippen LogP contribution >= 0.6 is 0 Å². The number of hydrogen-bond acceptors (Lipinski definition) is 2. The first-order valence-corrected chi connectivity index (χ1v) is 10.8. The highest BCUT2D eigenvalue weighted by molar-refractivity contribution is 6.13. The van der Waals surface area contributed by atoms with Gasteiger partial charge in [-0.15, -0.1) is 0 Å². The summed E-state index contributed by atoms with van der Waals surface area (Å²) in [6.45, 7) is 5.83. The molecule has 4 rings (SSSR count). The minimum absolute atomic E-state index is 0.168. The number of rotatable bonds is 6. The Morgan fingerprint density at radius 3 is 2.15 bits per heavy atom. The fourth-order valence-electron chi connectivity index (χ4n) is 4.22.